The molecule has 0 saturated carbocycles. The van der Waals surface area contributed by atoms with Crippen LogP contribution in [0.25, 0.3) is 10.8 Å². The molecular weight excluding hydrogens is 150 g/mol. The van der Waals surface area contributed by atoms with Crippen LogP contribution in [0.5, 0.6) is 0 Å². The van der Waals surface area contributed by atoms with Crippen molar-refractivity contribution in [2.24, 2.45) is 0 Å². The number of aryl methyl sites for hydroxylation is 1. The molecular formula is C9H9N3. The van der Waals surface area contributed by atoms with Crippen molar-refractivity contribution in [2.75, 3.05) is 5.73 Å². The number of aromatic nitrogens is 2. The molecule has 12 heavy (non-hydrogen) atoms. The van der Waals surface area contributed by atoms with Crippen LogP contribution in [0.15, 0.2) is 24.3 Å². The quantitative estimate of drug-likeness (QED) is 0.634. The molecule has 0 atom stereocenters. The molecule has 1 heterocycles. The van der Waals surface area contributed by atoms with Crippen molar-refractivity contribution in [3.05, 3.63) is 30.0 Å². The summed E-state index contributed by atoms with van der Waals surface area (Å²) in [4.78, 5) is 0. The number of fused-ring (bicyclic) bond motifs is 1. The summed E-state index contributed by atoms with van der Waals surface area (Å²) >= 11 is 0. The van der Waals surface area contributed by atoms with Crippen LogP contribution in [0.2, 0.25) is 0 Å². The summed E-state index contributed by atoms with van der Waals surface area (Å²) in [6.07, 6.45) is 0. The van der Waals surface area contributed by atoms with Gasteiger partial charge in [-0.2, -0.15) is 5.10 Å². The maximum atomic E-state index is 5.65. The van der Waals surface area contributed by atoms with Crippen LogP contribution in [0.4, 0.5) is 5.82 Å². The summed E-state index contributed by atoms with van der Waals surface area (Å²) < 4.78 is 0. The first-order valence-electron chi connectivity index (χ1n) is 3.76. The molecule has 3 nitrogen and oxygen atoms in total. The van der Waals surface area contributed by atoms with E-state index in [1.807, 2.05) is 31.2 Å². The molecule has 2 rings (SSSR count). The average Bonchev–Trinajstić information content (AvgIpc) is 2.12. The average molecular weight is 159 g/mol. The molecule has 0 bridgehead atoms. The number of rotatable bonds is 0. The summed E-state index contributed by atoms with van der Waals surface area (Å²) in [6, 6.07) is 7.86. The third-order valence-electron chi connectivity index (χ3n) is 1.90. The topological polar surface area (TPSA) is 51.8 Å². The molecule has 0 fully saturated rings. The van der Waals surface area contributed by atoms with E-state index >= 15 is 0 Å². The second-order valence-corrected chi connectivity index (χ2v) is 2.72. The molecule has 2 aromatic rings. The predicted molar refractivity (Wildman–Crippen MR) is 48.7 cm³/mol. The molecule has 0 unspecified atom stereocenters. The number of nitrogens with two attached hydrogens (primary N) is 1. The van der Waals surface area contributed by atoms with Gasteiger partial charge >= 0.3 is 0 Å². The minimum absolute atomic E-state index is 0.496. The van der Waals surface area contributed by atoms with E-state index in [0.717, 1.165) is 16.5 Å². The van der Waals surface area contributed by atoms with Gasteiger partial charge in [0.25, 0.3) is 0 Å². The van der Waals surface area contributed by atoms with Crippen LogP contribution in [-0.4, -0.2) is 10.2 Å². The molecule has 0 aliphatic heterocycles. The Balaban J connectivity index is 2.95. The first-order chi connectivity index (χ1) is 5.79. The number of anilines is 1. The van der Waals surface area contributed by atoms with E-state index in [1.165, 1.54) is 0 Å². The minimum atomic E-state index is 0.496. The van der Waals surface area contributed by atoms with Crippen LogP contribution < -0.4 is 5.73 Å². The lowest BCUT2D eigenvalue weighted by molar-refractivity contribution is 1.01. The van der Waals surface area contributed by atoms with Crippen LogP contribution in [0.3, 0.4) is 0 Å². The van der Waals surface area contributed by atoms with Gasteiger partial charge in [0.2, 0.25) is 0 Å². The first kappa shape index (κ1) is 7.03. The lowest BCUT2D eigenvalue weighted by atomic mass is 10.1. The van der Waals surface area contributed by atoms with Gasteiger partial charge in [0.1, 0.15) is 0 Å². The zero-order valence-electron chi connectivity index (χ0n) is 6.78. The van der Waals surface area contributed by atoms with Crippen LogP contribution >= 0.6 is 0 Å². The molecule has 2 N–H and O–H groups in total. The van der Waals surface area contributed by atoms with Gasteiger partial charge in [-0.05, 0) is 6.92 Å². The molecule has 0 saturated heterocycles. The number of hydrogen-bond donors (Lipinski definition) is 1. The van der Waals surface area contributed by atoms with Crippen LogP contribution in [0, 0.1) is 6.92 Å². The molecule has 60 valence electrons. The van der Waals surface area contributed by atoms with Gasteiger partial charge in [0.15, 0.2) is 5.82 Å². The van der Waals surface area contributed by atoms with E-state index < -0.39 is 0 Å². The van der Waals surface area contributed by atoms with Crippen LogP contribution in [-0.2, 0) is 0 Å². The molecule has 0 radical (unpaired) electrons. The highest BCUT2D eigenvalue weighted by Crippen LogP contribution is 2.19. The number of hydrogen-bond acceptors (Lipinski definition) is 3. The van der Waals surface area contributed by atoms with Crippen molar-refractivity contribution in [1.29, 1.82) is 0 Å². The Morgan fingerprint density at radius 3 is 2.42 bits per heavy atom. The third kappa shape index (κ3) is 0.906. The smallest absolute Gasteiger partial charge is 0.153 e. The molecule has 0 spiro atoms. The highest BCUT2D eigenvalue weighted by Gasteiger charge is 2.00. The molecule has 1 aromatic carbocycles. The Hall–Kier alpha value is -1.64. The van der Waals surface area contributed by atoms with Crippen molar-refractivity contribution in [1.82, 2.24) is 10.2 Å². The Morgan fingerprint density at radius 1 is 1.08 bits per heavy atom. The molecule has 1 aromatic heterocycles. The standard InChI is InChI=1S/C9H9N3/c1-6-7-4-2-3-5-8(7)9(10)12-11-6/h2-5H,1H3,(H2,10,12). The predicted octanol–water partition coefficient (Wildman–Crippen LogP) is 1.52. The van der Waals surface area contributed by atoms with E-state index in [-0.39, 0.29) is 0 Å². The largest absolute Gasteiger partial charge is 0.382 e. The van der Waals surface area contributed by atoms with Crippen molar-refractivity contribution in [3.63, 3.8) is 0 Å². The summed E-state index contributed by atoms with van der Waals surface area (Å²) in [5.74, 6) is 0.496. The van der Waals surface area contributed by atoms with Gasteiger partial charge in [0, 0.05) is 10.8 Å². The van der Waals surface area contributed by atoms with Crippen molar-refractivity contribution in [2.45, 2.75) is 6.92 Å². The van der Waals surface area contributed by atoms with Gasteiger partial charge in [-0.25, -0.2) is 0 Å². The second-order valence-electron chi connectivity index (χ2n) is 2.72. The highest BCUT2D eigenvalue weighted by atomic mass is 15.1. The van der Waals surface area contributed by atoms with Gasteiger partial charge < -0.3 is 5.73 Å². The van der Waals surface area contributed by atoms with Crippen molar-refractivity contribution >= 4 is 16.6 Å². The molecule has 0 amide bonds. The molecule has 0 aliphatic rings. The first-order valence-corrected chi connectivity index (χ1v) is 3.76. The number of nitrogens with zero attached hydrogens (tertiary/aromatic N) is 2. The van der Waals surface area contributed by atoms with Crippen molar-refractivity contribution < 1.29 is 0 Å². The lowest BCUT2D eigenvalue weighted by Gasteiger charge is -2.01. The lowest BCUT2D eigenvalue weighted by Crippen LogP contribution is -1.96. The summed E-state index contributed by atoms with van der Waals surface area (Å²) in [7, 11) is 0. The SMILES string of the molecule is Cc1nnc(N)c2ccccc12. The second kappa shape index (κ2) is 2.44. The Morgan fingerprint density at radius 2 is 1.75 bits per heavy atom. The number of nitrogen functional groups attached to an aromatic ring is 1. The van der Waals surface area contributed by atoms with E-state index in [9.17, 15) is 0 Å². The summed E-state index contributed by atoms with van der Waals surface area (Å²) in [5, 5.41) is 9.82. The maximum Gasteiger partial charge on any atom is 0.153 e. The molecule has 0 aliphatic carbocycles. The van der Waals surface area contributed by atoms with E-state index in [1.54, 1.807) is 0 Å². The fourth-order valence-electron chi connectivity index (χ4n) is 1.26. The number of benzene rings is 1. The van der Waals surface area contributed by atoms with Gasteiger partial charge in [-0.15, -0.1) is 5.10 Å². The minimum Gasteiger partial charge on any atom is -0.382 e. The third-order valence-corrected chi connectivity index (χ3v) is 1.90. The Labute approximate surface area is 70.2 Å². The fourth-order valence-corrected chi connectivity index (χ4v) is 1.26. The highest BCUT2D eigenvalue weighted by molar-refractivity contribution is 5.91. The summed E-state index contributed by atoms with van der Waals surface area (Å²) in [5.41, 5.74) is 6.57. The van der Waals surface area contributed by atoms with E-state index in [4.69, 9.17) is 5.73 Å². The van der Waals surface area contributed by atoms with Crippen LogP contribution in [0.1, 0.15) is 5.69 Å². The van der Waals surface area contributed by atoms with Gasteiger partial charge in [-0.1, -0.05) is 24.3 Å². The van der Waals surface area contributed by atoms with Gasteiger partial charge in [0.05, 0.1) is 5.69 Å². The Bertz CT molecular complexity index is 383. The fraction of sp³-hybridized carbons (Fsp3) is 0.111. The zero-order valence-corrected chi connectivity index (χ0v) is 6.78. The zero-order chi connectivity index (χ0) is 8.55. The van der Waals surface area contributed by atoms with Crippen molar-refractivity contribution in [3.8, 4) is 0 Å². The van der Waals surface area contributed by atoms with Gasteiger partial charge in [-0.3, -0.25) is 0 Å². The Kier molecular flexibility index (Phi) is 1.43. The van der Waals surface area contributed by atoms with E-state index in [2.05, 4.69) is 10.2 Å². The summed E-state index contributed by atoms with van der Waals surface area (Å²) in [6.45, 7) is 1.93. The maximum absolute atomic E-state index is 5.65. The monoisotopic (exact) mass is 159 g/mol. The normalized spacial score (nSPS) is 10.4. The van der Waals surface area contributed by atoms with E-state index in [0.29, 0.717) is 5.82 Å². The molecule has 3 heteroatoms.